The molecular formula is C7H17N3O3. The highest BCUT2D eigenvalue weighted by Crippen LogP contribution is 1.70. The van der Waals surface area contributed by atoms with Crippen molar-refractivity contribution < 1.29 is 14.6 Å². The average molecular weight is 191 g/mol. The lowest BCUT2D eigenvalue weighted by molar-refractivity contribution is 0.0940. The molecule has 6 heteroatoms. The number of aliphatic hydroxyl groups excluding tert-OH is 1. The fraction of sp³-hybridized carbons (Fsp3) is 0.857. The van der Waals surface area contributed by atoms with Crippen molar-refractivity contribution in [2.24, 2.45) is 5.73 Å². The van der Waals surface area contributed by atoms with Crippen LogP contribution < -0.4 is 16.4 Å². The summed E-state index contributed by atoms with van der Waals surface area (Å²) >= 11 is 0. The zero-order valence-corrected chi connectivity index (χ0v) is 7.58. The molecule has 78 valence electrons. The van der Waals surface area contributed by atoms with Gasteiger partial charge in [0, 0.05) is 19.6 Å². The third kappa shape index (κ3) is 11.1. The van der Waals surface area contributed by atoms with E-state index in [1.165, 1.54) is 0 Å². The first-order valence-corrected chi connectivity index (χ1v) is 4.20. The van der Waals surface area contributed by atoms with E-state index in [-0.39, 0.29) is 6.61 Å². The molecule has 0 spiro atoms. The summed E-state index contributed by atoms with van der Waals surface area (Å²) < 4.78 is 4.99. The summed E-state index contributed by atoms with van der Waals surface area (Å²) in [5, 5.41) is 13.8. The summed E-state index contributed by atoms with van der Waals surface area (Å²) in [5.41, 5.74) is 4.84. The average Bonchev–Trinajstić information content (AvgIpc) is 2.09. The zero-order chi connectivity index (χ0) is 9.94. The molecule has 0 heterocycles. The smallest absolute Gasteiger partial charge is 0.312 e. The number of primary amides is 1. The van der Waals surface area contributed by atoms with Crippen LogP contribution in [0.5, 0.6) is 0 Å². The minimum atomic E-state index is -0.515. The van der Waals surface area contributed by atoms with Gasteiger partial charge in [-0.1, -0.05) is 0 Å². The van der Waals surface area contributed by atoms with Gasteiger partial charge in [0.15, 0.2) is 0 Å². The number of carbonyl (C=O) groups is 1. The third-order valence-electron chi connectivity index (χ3n) is 1.26. The lowest BCUT2D eigenvalue weighted by atomic mass is 10.5. The highest BCUT2D eigenvalue weighted by Gasteiger charge is 1.90. The fourth-order valence-electron chi connectivity index (χ4n) is 0.710. The number of aliphatic hydroxyl groups is 1. The number of carbonyl (C=O) groups excluding carboxylic acids is 1. The van der Waals surface area contributed by atoms with Gasteiger partial charge in [-0.15, -0.1) is 0 Å². The highest BCUT2D eigenvalue weighted by atomic mass is 16.5. The summed E-state index contributed by atoms with van der Waals surface area (Å²) in [5.74, 6) is 0. The maximum Gasteiger partial charge on any atom is 0.312 e. The van der Waals surface area contributed by atoms with Crippen LogP contribution in [0.2, 0.25) is 0 Å². The lowest BCUT2D eigenvalue weighted by Gasteiger charge is -2.05. The second kappa shape index (κ2) is 9.24. The van der Waals surface area contributed by atoms with E-state index < -0.39 is 6.03 Å². The Balaban J connectivity index is 2.87. The van der Waals surface area contributed by atoms with E-state index in [0.717, 1.165) is 0 Å². The number of amides is 2. The molecule has 0 atom stereocenters. The fourth-order valence-corrected chi connectivity index (χ4v) is 0.710. The van der Waals surface area contributed by atoms with Crippen LogP contribution in [0.4, 0.5) is 4.79 Å². The minimum absolute atomic E-state index is 0.0449. The Hall–Kier alpha value is -0.850. The molecule has 0 aromatic heterocycles. The van der Waals surface area contributed by atoms with E-state index >= 15 is 0 Å². The van der Waals surface area contributed by atoms with Gasteiger partial charge in [-0.05, 0) is 0 Å². The van der Waals surface area contributed by atoms with Gasteiger partial charge in [0.25, 0.3) is 0 Å². The normalized spacial score (nSPS) is 9.92. The summed E-state index contributed by atoms with van der Waals surface area (Å²) in [7, 11) is 0. The quantitative estimate of drug-likeness (QED) is 0.342. The van der Waals surface area contributed by atoms with Crippen LogP contribution in [0.1, 0.15) is 0 Å². The molecule has 0 saturated heterocycles. The van der Waals surface area contributed by atoms with Gasteiger partial charge >= 0.3 is 6.03 Å². The van der Waals surface area contributed by atoms with Gasteiger partial charge in [-0.2, -0.15) is 0 Å². The van der Waals surface area contributed by atoms with E-state index in [2.05, 4.69) is 10.6 Å². The van der Waals surface area contributed by atoms with Gasteiger partial charge < -0.3 is 26.2 Å². The molecule has 0 rings (SSSR count). The number of urea groups is 1. The Morgan fingerprint density at radius 3 is 2.69 bits per heavy atom. The molecule has 0 aromatic carbocycles. The predicted octanol–water partition coefficient (Wildman–Crippen LogP) is -1.75. The van der Waals surface area contributed by atoms with Crippen LogP contribution in [0.3, 0.4) is 0 Å². The van der Waals surface area contributed by atoms with Crippen molar-refractivity contribution in [1.82, 2.24) is 10.6 Å². The summed E-state index contributed by atoms with van der Waals surface area (Å²) in [4.78, 5) is 10.2. The molecule has 0 unspecified atom stereocenters. The molecule has 0 fully saturated rings. The number of hydrogen-bond acceptors (Lipinski definition) is 4. The number of rotatable bonds is 8. The van der Waals surface area contributed by atoms with E-state index in [1.807, 2.05) is 0 Å². The Bertz CT molecular complexity index is 132. The van der Waals surface area contributed by atoms with Gasteiger partial charge in [-0.25, -0.2) is 4.79 Å². The Morgan fingerprint density at radius 2 is 2.08 bits per heavy atom. The second-order valence-electron chi connectivity index (χ2n) is 2.38. The molecule has 2 amide bonds. The molecule has 6 nitrogen and oxygen atoms in total. The Morgan fingerprint density at radius 1 is 1.31 bits per heavy atom. The maximum atomic E-state index is 10.2. The number of nitrogens with two attached hydrogens (primary N) is 1. The molecule has 0 bridgehead atoms. The van der Waals surface area contributed by atoms with Crippen molar-refractivity contribution in [2.75, 3.05) is 39.5 Å². The monoisotopic (exact) mass is 191 g/mol. The van der Waals surface area contributed by atoms with E-state index in [9.17, 15) is 4.79 Å². The van der Waals surface area contributed by atoms with Crippen LogP contribution in [0.25, 0.3) is 0 Å². The summed E-state index contributed by atoms with van der Waals surface area (Å²) in [6, 6.07) is -0.515. The molecule has 0 aliphatic heterocycles. The van der Waals surface area contributed by atoms with Crippen molar-refractivity contribution in [2.45, 2.75) is 0 Å². The van der Waals surface area contributed by atoms with Crippen LogP contribution >= 0.6 is 0 Å². The molecule has 0 aromatic rings. The molecule has 0 radical (unpaired) electrons. The SMILES string of the molecule is NC(=O)NCCNCCOCCO. The standard InChI is InChI=1S/C7H17N3O3/c8-7(12)10-2-1-9-3-5-13-6-4-11/h9,11H,1-6H2,(H3,8,10,12). The van der Waals surface area contributed by atoms with E-state index in [4.69, 9.17) is 15.6 Å². The number of ether oxygens (including phenoxy) is 1. The molecular weight excluding hydrogens is 174 g/mol. The first-order valence-electron chi connectivity index (χ1n) is 4.20. The van der Waals surface area contributed by atoms with Crippen molar-refractivity contribution in [3.8, 4) is 0 Å². The largest absolute Gasteiger partial charge is 0.394 e. The third-order valence-corrected chi connectivity index (χ3v) is 1.26. The first kappa shape index (κ1) is 12.2. The second-order valence-corrected chi connectivity index (χ2v) is 2.38. The van der Waals surface area contributed by atoms with Crippen molar-refractivity contribution in [3.63, 3.8) is 0 Å². The predicted molar refractivity (Wildman–Crippen MR) is 48.4 cm³/mol. The maximum absolute atomic E-state index is 10.2. The van der Waals surface area contributed by atoms with Crippen LogP contribution in [-0.2, 0) is 4.74 Å². The van der Waals surface area contributed by atoms with Gasteiger partial charge in [0.1, 0.15) is 0 Å². The van der Waals surface area contributed by atoms with Crippen molar-refractivity contribution >= 4 is 6.03 Å². The molecule has 0 saturated carbocycles. The number of nitrogens with one attached hydrogen (secondary N) is 2. The minimum Gasteiger partial charge on any atom is -0.394 e. The molecule has 5 N–H and O–H groups in total. The molecule has 0 aliphatic carbocycles. The van der Waals surface area contributed by atoms with E-state index in [0.29, 0.717) is 32.8 Å². The van der Waals surface area contributed by atoms with Gasteiger partial charge in [0.05, 0.1) is 19.8 Å². The molecule has 13 heavy (non-hydrogen) atoms. The van der Waals surface area contributed by atoms with Crippen molar-refractivity contribution in [3.05, 3.63) is 0 Å². The van der Waals surface area contributed by atoms with Crippen molar-refractivity contribution in [1.29, 1.82) is 0 Å². The topological polar surface area (TPSA) is 96.6 Å². The Kier molecular flexibility index (Phi) is 8.64. The number of hydrogen-bond donors (Lipinski definition) is 4. The molecule has 0 aliphatic rings. The van der Waals surface area contributed by atoms with Crippen LogP contribution in [-0.4, -0.2) is 50.6 Å². The lowest BCUT2D eigenvalue weighted by Crippen LogP contribution is -2.36. The summed E-state index contributed by atoms with van der Waals surface area (Å²) in [6.45, 7) is 2.82. The van der Waals surface area contributed by atoms with Crippen LogP contribution in [0, 0.1) is 0 Å². The summed E-state index contributed by atoms with van der Waals surface area (Å²) in [6.07, 6.45) is 0. The Labute approximate surface area is 77.4 Å². The first-order chi connectivity index (χ1) is 6.27. The highest BCUT2D eigenvalue weighted by molar-refractivity contribution is 5.71. The van der Waals surface area contributed by atoms with E-state index in [1.54, 1.807) is 0 Å². The van der Waals surface area contributed by atoms with Crippen LogP contribution in [0.15, 0.2) is 0 Å². The van der Waals surface area contributed by atoms with Gasteiger partial charge in [-0.3, -0.25) is 0 Å². The van der Waals surface area contributed by atoms with Gasteiger partial charge in [0.2, 0.25) is 0 Å². The zero-order valence-electron chi connectivity index (χ0n) is 7.58.